The molecule has 0 saturated heterocycles. The van der Waals surface area contributed by atoms with Crippen molar-refractivity contribution < 1.29 is 9.53 Å². The smallest absolute Gasteiger partial charge is 0.323 e. The molecule has 1 heterocycles. The minimum absolute atomic E-state index is 0.139. The van der Waals surface area contributed by atoms with E-state index in [0.29, 0.717) is 19.6 Å². The number of ether oxygens (including phenoxy) is 1. The predicted octanol–water partition coefficient (Wildman–Crippen LogP) is 3.74. The second kappa shape index (κ2) is 6.78. The van der Waals surface area contributed by atoms with Crippen molar-refractivity contribution in [1.29, 1.82) is 0 Å². The standard InChI is InChI=1S/C21H25NO2/c1-21(2,3)18-10-9-16-12-19(22-13-17(16)11-18)20(23)24-14-15-7-5-4-6-8-15/h4-11,19,22H,12-14H2,1-3H3. The van der Waals surface area contributed by atoms with E-state index < -0.39 is 0 Å². The molecule has 0 aliphatic carbocycles. The Bertz CT molecular complexity index is 716. The van der Waals surface area contributed by atoms with Crippen LogP contribution < -0.4 is 5.32 Å². The molecule has 0 fully saturated rings. The van der Waals surface area contributed by atoms with Crippen molar-refractivity contribution in [2.45, 2.75) is 51.8 Å². The number of fused-ring (bicyclic) bond motifs is 1. The van der Waals surface area contributed by atoms with Crippen LogP contribution in [0.3, 0.4) is 0 Å². The zero-order valence-electron chi connectivity index (χ0n) is 14.6. The molecule has 1 atom stereocenters. The van der Waals surface area contributed by atoms with E-state index in [-0.39, 0.29) is 17.4 Å². The van der Waals surface area contributed by atoms with Crippen molar-refractivity contribution in [2.24, 2.45) is 0 Å². The molecule has 1 N–H and O–H groups in total. The molecule has 3 rings (SSSR count). The Morgan fingerprint density at radius 2 is 1.88 bits per heavy atom. The summed E-state index contributed by atoms with van der Waals surface area (Å²) >= 11 is 0. The van der Waals surface area contributed by atoms with Gasteiger partial charge in [-0.2, -0.15) is 0 Å². The summed E-state index contributed by atoms with van der Waals surface area (Å²) in [7, 11) is 0. The van der Waals surface area contributed by atoms with Gasteiger partial charge in [0.15, 0.2) is 0 Å². The lowest BCUT2D eigenvalue weighted by atomic mass is 9.83. The van der Waals surface area contributed by atoms with Gasteiger partial charge in [-0.3, -0.25) is 4.79 Å². The first-order chi connectivity index (χ1) is 11.4. The number of carbonyl (C=O) groups excluding carboxylic acids is 1. The van der Waals surface area contributed by atoms with Gasteiger partial charge in [0.1, 0.15) is 12.6 Å². The Labute approximate surface area is 144 Å². The fourth-order valence-electron chi connectivity index (χ4n) is 2.98. The highest BCUT2D eigenvalue weighted by atomic mass is 16.5. The molecule has 24 heavy (non-hydrogen) atoms. The summed E-state index contributed by atoms with van der Waals surface area (Å²) in [5, 5.41) is 3.32. The molecule has 1 aliphatic rings. The molecule has 3 nitrogen and oxygen atoms in total. The number of benzene rings is 2. The van der Waals surface area contributed by atoms with Gasteiger partial charge < -0.3 is 10.1 Å². The van der Waals surface area contributed by atoms with Gasteiger partial charge in [0.2, 0.25) is 0 Å². The van der Waals surface area contributed by atoms with Crippen LogP contribution in [0.1, 0.15) is 43.0 Å². The van der Waals surface area contributed by atoms with Crippen molar-refractivity contribution in [3.05, 3.63) is 70.8 Å². The van der Waals surface area contributed by atoms with Gasteiger partial charge in [0.05, 0.1) is 0 Å². The molecule has 126 valence electrons. The fraction of sp³-hybridized carbons (Fsp3) is 0.381. The van der Waals surface area contributed by atoms with Crippen LogP contribution in [0, 0.1) is 0 Å². The van der Waals surface area contributed by atoms with Crippen LogP contribution >= 0.6 is 0 Å². The minimum Gasteiger partial charge on any atom is -0.460 e. The Morgan fingerprint density at radius 3 is 2.58 bits per heavy atom. The summed E-state index contributed by atoms with van der Waals surface area (Å²) in [4.78, 5) is 12.3. The molecule has 1 aliphatic heterocycles. The molecule has 0 aromatic heterocycles. The maximum absolute atomic E-state index is 12.3. The normalized spacial score (nSPS) is 17.2. The monoisotopic (exact) mass is 323 g/mol. The van der Waals surface area contributed by atoms with Crippen molar-refractivity contribution in [3.8, 4) is 0 Å². The maximum atomic E-state index is 12.3. The van der Waals surface area contributed by atoms with Gasteiger partial charge in [-0.25, -0.2) is 0 Å². The highest BCUT2D eigenvalue weighted by molar-refractivity contribution is 5.76. The number of esters is 1. The topological polar surface area (TPSA) is 38.3 Å². The molecule has 0 spiro atoms. The first-order valence-corrected chi connectivity index (χ1v) is 8.50. The molecule has 0 bridgehead atoms. The van der Waals surface area contributed by atoms with Crippen LogP contribution in [0.2, 0.25) is 0 Å². The SMILES string of the molecule is CC(C)(C)c1ccc2c(c1)CNC(C(=O)OCc1ccccc1)C2. The zero-order valence-corrected chi connectivity index (χ0v) is 14.6. The highest BCUT2D eigenvalue weighted by Gasteiger charge is 2.26. The van der Waals surface area contributed by atoms with Crippen molar-refractivity contribution in [3.63, 3.8) is 0 Å². The third kappa shape index (κ3) is 3.85. The van der Waals surface area contributed by atoms with E-state index in [2.05, 4.69) is 44.3 Å². The third-order valence-corrected chi connectivity index (χ3v) is 4.54. The average Bonchev–Trinajstić information content (AvgIpc) is 2.59. The summed E-state index contributed by atoms with van der Waals surface area (Å²) in [6.07, 6.45) is 0.688. The molecule has 0 radical (unpaired) electrons. The first-order valence-electron chi connectivity index (χ1n) is 8.50. The van der Waals surface area contributed by atoms with E-state index in [1.165, 1.54) is 16.7 Å². The molecular weight excluding hydrogens is 298 g/mol. The van der Waals surface area contributed by atoms with Crippen LogP contribution in [0.25, 0.3) is 0 Å². The van der Waals surface area contributed by atoms with Crippen LogP contribution in [0.4, 0.5) is 0 Å². The number of rotatable bonds is 3. The van der Waals surface area contributed by atoms with E-state index >= 15 is 0 Å². The van der Waals surface area contributed by atoms with Crippen molar-refractivity contribution in [1.82, 2.24) is 5.32 Å². The number of hydrogen-bond donors (Lipinski definition) is 1. The average molecular weight is 323 g/mol. The van der Waals surface area contributed by atoms with Crippen molar-refractivity contribution >= 4 is 5.97 Å². The number of nitrogens with one attached hydrogen (secondary N) is 1. The quantitative estimate of drug-likeness (QED) is 0.875. The van der Waals surface area contributed by atoms with Crippen LogP contribution in [0.15, 0.2) is 48.5 Å². The number of carbonyl (C=O) groups is 1. The molecule has 2 aromatic rings. The molecule has 1 unspecified atom stereocenters. The lowest BCUT2D eigenvalue weighted by molar-refractivity contribution is -0.147. The van der Waals surface area contributed by atoms with Gasteiger partial charge in [0, 0.05) is 6.54 Å². The third-order valence-electron chi connectivity index (χ3n) is 4.54. The minimum atomic E-state index is -0.262. The predicted molar refractivity (Wildman–Crippen MR) is 95.7 cm³/mol. The first kappa shape index (κ1) is 16.7. The maximum Gasteiger partial charge on any atom is 0.323 e. The Morgan fingerprint density at radius 1 is 1.12 bits per heavy atom. The van der Waals surface area contributed by atoms with E-state index in [4.69, 9.17) is 4.74 Å². The summed E-state index contributed by atoms with van der Waals surface area (Å²) in [5.41, 5.74) is 5.00. The van der Waals surface area contributed by atoms with Gasteiger partial charge in [-0.05, 0) is 34.1 Å². The summed E-state index contributed by atoms with van der Waals surface area (Å²) in [5.74, 6) is -0.176. The fourth-order valence-corrected chi connectivity index (χ4v) is 2.98. The van der Waals surface area contributed by atoms with Crippen LogP contribution in [0.5, 0.6) is 0 Å². The second-order valence-corrected chi connectivity index (χ2v) is 7.46. The Kier molecular flexibility index (Phi) is 4.72. The van der Waals surface area contributed by atoms with Crippen molar-refractivity contribution in [2.75, 3.05) is 0 Å². The lowest BCUT2D eigenvalue weighted by Gasteiger charge is -2.27. The Hall–Kier alpha value is -2.13. The van der Waals surface area contributed by atoms with Crippen LogP contribution in [-0.4, -0.2) is 12.0 Å². The summed E-state index contributed by atoms with van der Waals surface area (Å²) in [6, 6.07) is 16.1. The van der Waals surface area contributed by atoms with E-state index in [0.717, 1.165) is 5.56 Å². The molecule has 2 aromatic carbocycles. The largest absolute Gasteiger partial charge is 0.460 e. The van der Waals surface area contributed by atoms with E-state index in [1.54, 1.807) is 0 Å². The van der Waals surface area contributed by atoms with Gasteiger partial charge in [0.25, 0.3) is 0 Å². The summed E-state index contributed by atoms with van der Waals surface area (Å²) in [6.45, 7) is 7.69. The highest BCUT2D eigenvalue weighted by Crippen LogP contribution is 2.27. The van der Waals surface area contributed by atoms with Crippen LogP contribution in [-0.2, 0) is 34.5 Å². The second-order valence-electron chi connectivity index (χ2n) is 7.46. The van der Waals surface area contributed by atoms with Gasteiger partial charge >= 0.3 is 5.97 Å². The van der Waals surface area contributed by atoms with Gasteiger partial charge in [-0.1, -0.05) is 69.3 Å². The summed E-state index contributed by atoms with van der Waals surface area (Å²) < 4.78 is 5.46. The molecular formula is C21H25NO2. The van der Waals surface area contributed by atoms with Gasteiger partial charge in [-0.15, -0.1) is 0 Å². The molecule has 3 heteroatoms. The zero-order chi connectivity index (χ0) is 17.2. The molecule has 0 amide bonds. The van der Waals surface area contributed by atoms with E-state index in [9.17, 15) is 4.79 Å². The number of hydrogen-bond acceptors (Lipinski definition) is 3. The Balaban J connectivity index is 1.63. The lowest BCUT2D eigenvalue weighted by Crippen LogP contribution is -2.42. The molecule has 0 saturated carbocycles. The van der Waals surface area contributed by atoms with E-state index in [1.807, 2.05) is 30.3 Å².